The highest BCUT2D eigenvalue weighted by atomic mass is 16.5. The van der Waals surface area contributed by atoms with Crippen LogP contribution in [0.3, 0.4) is 0 Å². The molecular formula is C21H24N8O. The molecule has 4 aromatic heterocycles. The zero-order chi connectivity index (χ0) is 20.7. The fourth-order valence-electron chi connectivity index (χ4n) is 3.68. The number of likely N-dealkylation sites (N-methyl/N-ethyl adjacent to an activating group) is 1. The van der Waals surface area contributed by atoms with E-state index in [1.807, 2.05) is 47.6 Å². The van der Waals surface area contributed by atoms with Gasteiger partial charge in [0.25, 0.3) is 0 Å². The fraction of sp³-hybridized carbons (Fsp3) is 0.333. The van der Waals surface area contributed by atoms with Gasteiger partial charge in [-0.25, -0.2) is 4.52 Å². The summed E-state index contributed by atoms with van der Waals surface area (Å²) in [6, 6.07) is 8.50. The molecule has 0 saturated carbocycles. The highest BCUT2D eigenvalue weighted by Crippen LogP contribution is 2.31. The van der Waals surface area contributed by atoms with Crippen molar-refractivity contribution in [1.82, 2.24) is 34.5 Å². The van der Waals surface area contributed by atoms with Crippen LogP contribution in [0.15, 0.2) is 42.9 Å². The van der Waals surface area contributed by atoms with Crippen molar-refractivity contribution in [2.75, 3.05) is 25.5 Å². The molecule has 1 aliphatic heterocycles. The molecule has 4 aromatic rings. The maximum atomic E-state index is 6.12. The van der Waals surface area contributed by atoms with Gasteiger partial charge in [-0.05, 0) is 50.7 Å². The molecule has 0 bridgehead atoms. The van der Waals surface area contributed by atoms with E-state index in [0.29, 0.717) is 24.3 Å². The van der Waals surface area contributed by atoms with Crippen molar-refractivity contribution in [2.24, 2.45) is 7.05 Å². The van der Waals surface area contributed by atoms with Crippen molar-refractivity contribution >= 4 is 17.2 Å². The largest absolute Gasteiger partial charge is 0.488 e. The van der Waals surface area contributed by atoms with Gasteiger partial charge in [0.1, 0.15) is 12.3 Å². The van der Waals surface area contributed by atoms with Gasteiger partial charge in [0.05, 0.1) is 17.9 Å². The normalized spacial score (nSPS) is 16.6. The maximum Gasteiger partial charge on any atom is 0.165 e. The second-order valence-electron chi connectivity index (χ2n) is 7.77. The molecule has 1 N–H and O–H groups in total. The fourth-order valence-corrected chi connectivity index (χ4v) is 3.68. The van der Waals surface area contributed by atoms with E-state index in [1.165, 1.54) is 6.42 Å². The van der Waals surface area contributed by atoms with Gasteiger partial charge in [-0.15, -0.1) is 5.10 Å². The molecule has 9 heteroatoms. The van der Waals surface area contributed by atoms with Crippen LogP contribution >= 0.6 is 0 Å². The predicted octanol–water partition coefficient (Wildman–Crippen LogP) is 2.66. The third-order valence-corrected chi connectivity index (χ3v) is 5.56. The average molecular weight is 404 g/mol. The molecule has 5 heterocycles. The van der Waals surface area contributed by atoms with E-state index in [-0.39, 0.29) is 0 Å². The molecule has 9 nitrogen and oxygen atoms in total. The van der Waals surface area contributed by atoms with E-state index in [0.717, 1.165) is 34.6 Å². The van der Waals surface area contributed by atoms with Gasteiger partial charge in [-0.2, -0.15) is 15.3 Å². The smallest absolute Gasteiger partial charge is 0.165 e. The lowest BCUT2D eigenvalue weighted by molar-refractivity contribution is 0.0771. The van der Waals surface area contributed by atoms with Crippen LogP contribution in [0, 0.1) is 6.92 Å². The molecule has 154 valence electrons. The van der Waals surface area contributed by atoms with Crippen LogP contribution in [-0.2, 0) is 7.05 Å². The lowest BCUT2D eigenvalue weighted by atomic mass is 10.1. The number of hydrogen-bond acceptors (Lipinski definition) is 7. The van der Waals surface area contributed by atoms with Gasteiger partial charge < -0.3 is 10.1 Å². The van der Waals surface area contributed by atoms with Crippen molar-refractivity contribution in [3.05, 3.63) is 48.4 Å². The van der Waals surface area contributed by atoms with E-state index in [4.69, 9.17) is 4.74 Å². The molecule has 1 atom stereocenters. The van der Waals surface area contributed by atoms with Crippen molar-refractivity contribution in [3.63, 3.8) is 0 Å². The number of nitrogens with one attached hydrogen (secondary N) is 1. The Morgan fingerprint density at radius 3 is 2.83 bits per heavy atom. The van der Waals surface area contributed by atoms with Gasteiger partial charge in [0, 0.05) is 30.9 Å². The number of aryl methyl sites for hydroxylation is 2. The summed E-state index contributed by atoms with van der Waals surface area (Å²) in [5.41, 5.74) is 3.98. The molecule has 0 amide bonds. The van der Waals surface area contributed by atoms with Crippen molar-refractivity contribution < 1.29 is 4.74 Å². The average Bonchev–Trinajstić information content (AvgIpc) is 3.28. The van der Waals surface area contributed by atoms with Crippen molar-refractivity contribution in [1.29, 1.82) is 0 Å². The molecule has 1 saturated heterocycles. The first-order valence-corrected chi connectivity index (χ1v) is 9.98. The minimum atomic E-state index is 0.480. The predicted molar refractivity (Wildman–Crippen MR) is 114 cm³/mol. The van der Waals surface area contributed by atoms with Crippen LogP contribution in [0.5, 0.6) is 5.75 Å². The number of likely N-dealkylation sites (tertiary alicyclic amines) is 1. The Labute approximate surface area is 174 Å². The Bertz CT molecular complexity index is 1200. The number of rotatable bonds is 6. The number of nitrogens with zero attached hydrogens (tertiary/aromatic N) is 7. The summed E-state index contributed by atoms with van der Waals surface area (Å²) in [4.78, 5) is 2.31. The SMILES string of the molecule is Cc1cnnc(Nc2cc3cc(-c4c(OC[C@H]5CCN5C)cnn4C)ccn3n2)c1. The van der Waals surface area contributed by atoms with Gasteiger partial charge in [0.2, 0.25) is 0 Å². The van der Waals surface area contributed by atoms with Crippen LogP contribution in [-0.4, -0.2) is 60.7 Å². The topological polar surface area (TPSA) is 85.4 Å². The van der Waals surface area contributed by atoms with Crippen LogP contribution in [0.25, 0.3) is 16.8 Å². The molecule has 30 heavy (non-hydrogen) atoms. The molecule has 0 radical (unpaired) electrons. The van der Waals surface area contributed by atoms with Crippen molar-refractivity contribution in [3.8, 4) is 17.0 Å². The second kappa shape index (κ2) is 7.42. The summed E-state index contributed by atoms with van der Waals surface area (Å²) in [5.74, 6) is 2.18. The summed E-state index contributed by atoms with van der Waals surface area (Å²) in [5, 5.41) is 20.3. The Morgan fingerprint density at radius 2 is 2.07 bits per heavy atom. The standard InChI is InChI=1S/C21H24N8O/c1-14-8-19(25-22-11-14)24-20-10-17-9-15(4-7-29(17)26-20)21-18(12-23-28(21)3)30-13-16-5-6-27(16)2/h4,7-12,16H,5-6,13H2,1-3H3,(H,24,25,26)/t16-/m1/s1. The van der Waals surface area contributed by atoms with E-state index >= 15 is 0 Å². The van der Waals surface area contributed by atoms with Crippen LogP contribution in [0.2, 0.25) is 0 Å². The summed E-state index contributed by atoms with van der Waals surface area (Å²) in [6.45, 7) is 3.79. The molecule has 0 spiro atoms. The Hall–Kier alpha value is -3.46. The number of ether oxygens (including phenoxy) is 1. The number of pyridine rings is 1. The number of hydrogen-bond donors (Lipinski definition) is 1. The molecular weight excluding hydrogens is 380 g/mol. The van der Waals surface area contributed by atoms with E-state index in [9.17, 15) is 0 Å². The Balaban J connectivity index is 1.40. The first kappa shape index (κ1) is 18.6. The molecule has 1 fully saturated rings. The Morgan fingerprint density at radius 1 is 1.17 bits per heavy atom. The second-order valence-corrected chi connectivity index (χ2v) is 7.77. The van der Waals surface area contributed by atoms with E-state index < -0.39 is 0 Å². The Kier molecular flexibility index (Phi) is 4.59. The summed E-state index contributed by atoms with van der Waals surface area (Å²) in [6.07, 6.45) is 6.62. The van der Waals surface area contributed by atoms with Crippen molar-refractivity contribution in [2.45, 2.75) is 19.4 Å². The lowest BCUT2D eigenvalue weighted by Crippen LogP contribution is -2.48. The van der Waals surface area contributed by atoms with Gasteiger partial charge >= 0.3 is 0 Å². The maximum absolute atomic E-state index is 6.12. The highest BCUT2D eigenvalue weighted by molar-refractivity contribution is 5.72. The monoisotopic (exact) mass is 404 g/mol. The minimum Gasteiger partial charge on any atom is -0.488 e. The molecule has 0 aromatic carbocycles. The number of anilines is 2. The minimum absolute atomic E-state index is 0.480. The first-order chi connectivity index (χ1) is 14.6. The summed E-state index contributed by atoms with van der Waals surface area (Å²) < 4.78 is 9.80. The van der Waals surface area contributed by atoms with Crippen LogP contribution < -0.4 is 10.1 Å². The van der Waals surface area contributed by atoms with Gasteiger partial charge in [-0.3, -0.25) is 9.58 Å². The first-order valence-electron chi connectivity index (χ1n) is 9.98. The zero-order valence-electron chi connectivity index (χ0n) is 17.3. The van der Waals surface area contributed by atoms with E-state index in [2.05, 4.69) is 43.7 Å². The quantitative estimate of drug-likeness (QED) is 0.529. The summed E-state index contributed by atoms with van der Waals surface area (Å²) in [7, 11) is 4.06. The van der Waals surface area contributed by atoms with Gasteiger partial charge in [0.15, 0.2) is 17.4 Å². The molecule has 1 aliphatic rings. The van der Waals surface area contributed by atoms with Gasteiger partial charge in [-0.1, -0.05) is 0 Å². The summed E-state index contributed by atoms with van der Waals surface area (Å²) >= 11 is 0. The number of fused-ring (bicyclic) bond motifs is 1. The zero-order valence-corrected chi connectivity index (χ0v) is 17.3. The van der Waals surface area contributed by atoms with Crippen LogP contribution in [0.4, 0.5) is 11.6 Å². The van der Waals surface area contributed by atoms with Crippen LogP contribution in [0.1, 0.15) is 12.0 Å². The third-order valence-electron chi connectivity index (χ3n) is 5.56. The highest BCUT2D eigenvalue weighted by Gasteiger charge is 2.25. The number of aromatic nitrogens is 6. The lowest BCUT2D eigenvalue weighted by Gasteiger charge is -2.37. The molecule has 0 unspecified atom stereocenters. The third kappa shape index (κ3) is 3.48. The molecule has 5 rings (SSSR count). The van der Waals surface area contributed by atoms with E-state index in [1.54, 1.807) is 12.4 Å². The molecule has 0 aliphatic carbocycles.